The summed E-state index contributed by atoms with van der Waals surface area (Å²) in [5.74, 6) is 1.15. The Kier molecular flexibility index (Phi) is 1.71. The molecule has 3 aromatic rings. The topological polar surface area (TPSA) is 48.4 Å². The molecule has 1 aromatic carbocycles. The van der Waals surface area contributed by atoms with E-state index in [1.807, 2.05) is 24.3 Å². The number of nitrogens with zero attached hydrogens (tertiary/aromatic N) is 1. The zero-order valence-corrected chi connectivity index (χ0v) is 7.71. The van der Waals surface area contributed by atoms with Crippen LogP contribution in [0.3, 0.4) is 0 Å². The molecule has 0 fully saturated rings. The largest absolute Gasteiger partial charge is 0.464 e. The predicted octanol–water partition coefficient (Wildman–Crippen LogP) is 3.21. The first-order valence-corrected chi connectivity index (χ1v) is 4.47. The van der Waals surface area contributed by atoms with Crippen LogP contribution < -0.4 is 4.74 Å². The Morgan fingerprint density at radius 3 is 2.93 bits per heavy atom. The Morgan fingerprint density at radius 2 is 2.07 bits per heavy atom. The van der Waals surface area contributed by atoms with Crippen LogP contribution in [0.5, 0.6) is 11.6 Å². The molecule has 0 radical (unpaired) electrons. The van der Waals surface area contributed by atoms with Gasteiger partial charge in [0.15, 0.2) is 0 Å². The third-order valence-corrected chi connectivity index (χ3v) is 2.06. The summed E-state index contributed by atoms with van der Waals surface area (Å²) in [6.07, 6.45) is 3.11. The van der Waals surface area contributed by atoms with Crippen LogP contribution in [0.15, 0.2) is 51.8 Å². The Labute approximate surface area is 85.0 Å². The zero-order chi connectivity index (χ0) is 10.1. The molecule has 0 saturated heterocycles. The van der Waals surface area contributed by atoms with Crippen LogP contribution in [0.2, 0.25) is 0 Å². The number of furan rings is 1. The van der Waals surface area contributed by atoms with Gasteiger partial charge in [-0.1, -0.05) is 0 Å². The summed E-state index contributed by atoms with van der Waals surface area (Å²) in [6, 6.07) is 9.09. The molecular formula is C11H7NO3. The lowest BCUT2D eigenvalue weighted by atomic mass is 10.2. The number of aromatic nitrogens is 1. The van der Waals surface area contributed by atoms with E-state index in [9.17, 15) is 0 Å². The minimum absolute atomic E-state index is 0.442. The SMILES string of the molecule is c1cc(Oc2ccc3occc3c2)no1. The van der Waals surface area contributed by atoms with Gasteiger partial charge in [-0.15, -0.1) is 0 Å². The maximum atomic E-state index is 5.45. The summed E-state index contributed by atoms with van der Waals surface area (Å²) < 4.78 is 15.3. The van der Waals surface area contributed by atoms with Crippen molar-refractivity contribution in [1.29, 1.82) is 0 Å². The van der Waals surface area contributed by atoms with E-state index in [0.717, 1.165) is 11.0 Å². The molecule has 0 spiro atoms. The third-order valence-electron chi connectivity index (χ3n) is 2.06. The number of ether oxygens (including phenoxy) is 1. The fourth-order valence-corrected chi connectivity index (χ4v) is 1.38. The summed E-state index contributed by atoms with van der Waals surface area (Å²) in [6.45, 7) is 0. The lowest BCUT2D eigenvalue weighted by molar-refractivity contribution is 0.367. The van der Waals surface area contributed by atoms with Crippen molar-refractivity contribution in [1.82, 2.24) is 5.16 Å². The minimum Gasteiger partial charge on any atom is -0.464 e. The van der Waals surface area contributed by atoms with E-state index in [-0.39, 0.29) is 0 Å². The lowest BCUT2D eigenvalue weighted by Crippen LogP contribution is -1.82. The summed E-state index contributed by atoms with van der Waals surface area (Å²) in [4.78, 5) is 0. The first-order valence-electron chi connectivity index (χ1n) is 4.47. The maximum Gasteiger partial charge on any atom is 0.259 e. The Hall–Kier alpha value is -2.23. The van der Waals surface area contributed by atoms with Crippen molar-refractivity contribution in [2.75, 3.05) is 0 Å². The van der Waals surface area contributed by atoms with E-state index in [0.29, 0.717) is 11.6 Å². The van der Waals surface area contributed by atoms with Crippen molar-refractivity contribution in [3.05, 3.63) is 42.9 Å². The van der Waals surface area contributed by atoms with Gasteiger partial charge in [-0.3, -0.25) is 0 Å². The van der Waals surface area contributed by atoms with Crippen molar-refractivity contribution in [2.24, 2.45) is 0 Å². The van der Waals surface area contributed by atoms with E-state index in [4.69, 9.17) is 9.15 Å². The van der Waals surface area contributed by atoms with Gasteiger partial charge in [0.2, 0.25) is 0 Å². The number of benzene rings is 1. The number of rotatable bonds is 2. The molecular weight excluding hydrogens is 194 g/mol. The monoisotopic (exact) mass is 201 g/mol. The van der Waals surface area contributed by atoms with Crippen LogP contribution in [-0.2, 0) is 0 Å². The second kappa shape index (κ2) is 3.16. The standard InChI is InChI=1S/C11H7NO3/c1-2-10-8(3-5-13-10)7-9(1)15-11-4-6-14-12-11/h1-7H. The highest BCUT2D eigenvalue weighted by atomic mass is 16.5. The molecule has 0 saturated carbocycles. The summed E-state index contributed by atoms with van der Waals surface area (Å²) in [5.41, 5.74) is 0.836. The highest BCUT2D eigenvalue weighted by Gasteiger charge is 2.02. The smallest absolute Gasteiger partial charge is 0.259 e. The van der Waals surface area contributed by atoms with Gasteiger partial charge in [0.25, 0.3) is 5.88 Å². The summed E-state index contributed by atoms with van der Waals surface area (Å²) in [7, 11) is 0. The van der Waals surface area contributed by atoms with E-state index in [2.05, 4.69) is 9.68 Å². The van der Waals surface area contributed by atoms with Crippen LogP contribution in [0, 0.1) is 0 Å². The molecule has 0 unspecified atom stereocenters. The predicted molar refractivity (Wildman–Crippen MR) is 52.8 cm³/mol. The molecule has 15 heavy (non-hydrogen) atoms. The number of fused-ring (bicyclic) bond motifs is 1. The zero-order valence-electron chi connectivity index (χ0n) is 7.71. The molecule has 0 atom stereocenters. The van der Waals surface area contributed by atoms with Crippen LogP contribution in [0.4, 0.5) is 0 Å². The highest BCUT2D eigenvalue weighted by Crippen LogP contribution is 2.24. The molecule has 0 bridgehead atoms. The third kappa shape index (κ3) is 1.46. The highest BCUT2D eigenvalue weighted by molar-refractivity contribution is 5.78. The average Bonchev–Trinajstić information content (AvgIpc) is 2.87. The second-order valence-corrected chi connectivity index (χ2v) is 3.06. The number of hydrogen-bond donors (Lipinski definition) is 0. The van der Waals surface area contributed by atoms with Crippen molar-refractivity contribution in [2.45, 2.75) is 0 Å². The molecule has 0 aliphatic rings. The lowest BCUT2D eigenvalue weighted by Gasteiger charge is -1.99. The minimum atomic E-state index is 0.442. The Balaban J connectivity index is 1.97. The van der Waals surface area contributed by atoms with Gasteiger partial charge in [0.1, 0.15) is 17.6 Å². The number of hydrogen-bond acceptors (Lipinski definition) is 4. The van der Waals surface area contributed by atoms with E-state index in [1.165, 1.54) is 6.26 Å². The van der Waals surface area contributed by atoms with Gasteiger partial charge in [-0.25, -0.2) is 0 Å². The average molecular weight is 201 g/mol. The molecule has 74 valence electrons. The van der Waals surface area contributed by atoms with Crippen molar-refractivity contribution < 1.29 is 13.7 Å². The second-order valence-electron chi connectivity index (χ2n) is 3.06. The molecule has 4 nitrogen and oxygen atoms in total. The van der Waals surface area contributed by atoms with Crippen molar-refractivity contribution >= 4 is 11.0 Å². The molecule has 0 amide bonds. The van der Waals surface area contributed by atoms with Crippen LogP contribution >= 0.6 is 0 Å². The molecule has 2 heterocycles. The first-order chi connectivity index (χ1) is 7.42. The normalized spacial score (nSPS) is 10.7. The first kappa shape index (κ1) is 8.11. The molecule has 2 aromatic heterocycles. The van der Waals surface area contributed by atoms with Crippen LogP contribution in [0.25, 0.3) is 11.0 Å². The van der Waals surface area contributed by atoms with E-state index in [1.54, 1.807) is 12.3 Å². The van der Waals surface area contributed by atoms with Crippen LogP contribution in [-0.4, -0.2) is 5.16 Å². The van der Waals surface area contributed by atoms with E-state index >= 15 is 0 Å². The van der Waals surface area contributed by atoms with Gasteiger partial charge < -0.3 is 13.7 Å². The molecule has 0 aliphatic heterocycles. The van der Waals surface area contributed by atoms with Gasteiger partial charge in [0, 0.05) is 11.5 Å². The molecule has 0 aliphatic carbocycles. The van der Waals surface area contributed by atoms with Crippen molar-refractivity contribution in [3.8, 4) is 11.6 Å². The van der Waals surface area contributed by atoms with E-state index < -0.39 is 0 Å². The van der Waals surface area contributed by atoms with Gasteiger partial charge in [-0.2, -0.15) is 0 Å². The molecule has 0 N–H and O–H groups in total. The molecule has 3 rings (SSSR count). The Morgan fingerprint density at radius 1 is 1.07 bits per heavy atom. The summed E-state index contributed by atoms with van der Waals surface area (Å²) in [5, 5.41) is 4.65. The van der Waals surface area contributed by atoms with Gasteiger partial charge >= 0.3 is 0 Å². The Bertz CT molecular complexity index is 568. The van der Waals surface area contributed by atoms with Crippen LogP contribution in [0.1, 0.15) is 0 Å². The van der Waals surface area contributed by atoms with Gasteiger partial charge in [-0.05, 0) is 29.4 Å². The fraction of sp³-hybridized carbons (Fsp3) is 0. The van der Waals surface area contributed by atoms with Gasteiger partial charge in [0.05, 0.1) is 6.26 Å². The molecule has 4 heteroatoms. The maximum absolute atomic E-state index is 5.45. The quantitative estimate of drug-likeness (QED) is 0.638. The van der Waals surface area contributed by atoms with Crippen molar-refractivity contribution in [3.63, 3.8) is 0 Å². The summed E-state index contributed by atoms with van der Waals surface area (Å²) >= 11 is 0. The fourth-order valence-electron chi connectivity index (χ4n) is 1.38.